The molecule has 1 amide bonds. The van der Waals surface area contributed by atoms with E-state index in [-0.39, 0.29) is 0 Å². The molecule has 0 bridgehead atoms. The van der Waals surface area contributed by atoms with Gasteiger partial charge >= 0.3 is 0 Å². The lowest BCUT2D eigenvalue weighted by molar-refractivity contribution is -0.129. The molecular weight excluding hydrogens is 336 g/mol. The van der Waals surface area contributed by atoms with Crippen molar-refractivity contribution in [2.75, 3.05) is 12.0 Å². The summed E-state index contributed by atoms with van der Waals surface area (Å²) >= 11 is 1.44. The molecule has 0 aliphatic heterocycles. The number of thiazole rings is 1. The van der Waals surface area contributed by atoms with Crippen molar-refractivity contribution in [2.45, 2.75) is 26.9 Å². The van der Waals surface area contributed by atoms with Gasteiger partial charge in [0, 0.05) is 42.7 Å². The number of rotatable bonds is 6. The van der Waals surface area contributed by atoms with Crippen molar-refractivity contribution in [3.63, 3.8) is 0 Å². The Morgan fingerprint density at radius 1 is 1.35 bits per heavy atom. The topological polar surface area (TPSA) is 85.2 Å². The van der Waals surface area contributed by atoms with Gasteiger partial charge in [-0.2, -0.15) is 5.10 Å². The normalized spacial score (nSPS) is 11.7. The maximum absolute atomic E-state index is 12.4. The number of hydrogen-bond acceptors (Lipinski definition) is 6. The van der Waals surface area contributed by atoms with E-state index in [1.165, 1.54) is 16.2 Å². The van der Waals surface area contributed by atoms with Crippen LogP contribution in [0.2, 0.25) is 0 Å². The second kappa shape index (κ2) is 6.79. The fraction of sp³-hybridized carbons (Fsp3) is 0.500. The zero-order valence-electron chi connectivity index (χ0n) is 13.6. The number of aromatic nitrogens is 3. The van der Waals surface area contributed by atoms with Crippen molar-refractivity contribution in [1.82, 2.24) is 19.7 Å². The van der Waals surface area contributed by atoms with Crippen LogP contribution in [0.1, 0.15) is 22.0 Å². The summed E-state index contributed by atoms with van der Waals surface area (Å²) in [5.41, 5.74) is 2.73. The van der Waals surface area contributed by atoms with E-state index in [0.717, 1.165) is 28.2 Å². The van der Waals surface area contributed by atoms with Crippen molar-refractivity contribution in [2.24, 2.45) is 7.05 Å². The fourth-order valence-corrected chi connectivity index (χ4v) is 3.54. The Labute approximate surface area is 139 Å². The highest BCUT2D eigenvalue weighted by atomic mass is 32.2. The number of nitrogens with zero attached hydrogens (tertiary/aromatic N) is 4. The van der Waals surface area contributed by atoms with E-state index < -0.39 is 21.5 Å². The zero-order valence-corrected chi connectivity index (χ0v) is 15.2. The van der Waals surface area contributed by atoms with E-state index in [1.807, 2.05) is 26.3 Å². The van der Waals surface area contributed by atoms with E-state index >= 15 is 0 Å². The van der Waals surface area contributed by atoms with Gasteiger partial charge in [0.1, 0.15) is 10.8 Å². The van der Waals surface area contributed by atoms with E-state index in [4.69, 9.17) is 0 Å². The Kier molecular flexibility index (Phi) is 5.20. The first-order valence-corrected chi connectivity index (χ1v) is 9.94. The quantitative estimate of drug-likeness (QED) is 0.773. The standard InChI is InChI=1S/C14H20N4O3S2/c1-10-12(11(2)17(3)16-10)7-18(8-13-15-5-6-22-13)14(19)9-23(4,20)21/h5-6H,7-9H2,1-4H3. The van der Waals surface area contributed by atoms with Gasteiger partial charge in [-0.15, -0.1) is 11.3 Å². The van der Waals surface area contributed by atoms with Crippen LogP contribution in [0, 0.1) is 13.8 Å². The van der Waals surface area contributed by atoms with Crippen molar-refractivity contribution < 1.29 is 13.2 Å². The molecule has 2 rings (SSSR count). The number of carbonyl (C=O) groups is 1. The molecule has 9 heteroatoms. The van der Waals surface area contributed by atoms with Crippen molar-refractivity contribution in [3.8, 4) is 0 Å². The summed E-state index contributed by atoms with van der Waals surface area (Å²) in [6.07, 6.45) is 2.73. The number of amides is 1. The monoisotopic (exact) mass is 356 g/mol. The molecule has 0 spiro atoms. The molecular formula is C14H20N4O3S2. The van der Waals surface area contributed by atoms with Gasteiger partial charge in [-0.1, -0.05) is 0 Å². The molecule has 0 saturated heterocycles. The summed E-state index contributed by atoms with van der Waals surface area (Å²) in [4.78, 5) is 18.1. The van der Waals surface area contributed by atoms with Crippen LogP contribution < -0.4 is 0 Å². The summed E-state index contributed by atoms with van der Waals surface area (Å²) in [6.45, 7) is 4.42. The maximum atomic E-state index is 12.4. The summed E-state index contributed by atoms with van der Waals surface area (Å²) in [6, 6.07) is 0. The zero-order chi connectivity index (χ0) is 17.2. The SMILES string of the molecule is Cc1nn(C)c(C)c1CN(Cc1nccs1)C(=O)CS(C)(=O)=O. The molecule has 126 valence electrons. The Morgan fingerprint density at radius 2 is 2.04 bits per heavy atom. The van der Waals surface area contributed by atoms with Crippen LogP contribution in [0.4, 0.5) is 0 Å². The molecule has 0 aromatic carbocycles. The molecule has 0 fully saturated rings. The average molecular weight is 356 g/mol. The first kappa shape index (κ1) is 17.6. The molecule has 2 aromatic heterocycles. The molecule has 0 N–H and O–H groups in total. The number of aryl methyl sites for hydroxylation is 2. The lowest BCUT2D eigenvalue weighted by atomic mass is 10.2. The Hall–Kier alpha value is -1.74. The summed E-state index contributed by atoms with van der Waals surface area (Å²) in [5.74, 6) is -0.929. The van der Waals surface area contributed by atoms with E-state index in [2.05, 4.69) is 10.1 Å². The summed E-state index contributed by atoms with van der Waals surface area (Å²) in [7, 11) is -1.54. The molecule has 23 heavy (non-hydrogen) atoms. The van der Waals surface area contributed by atoms with Crippen LogP contribution in [0.3, 0.4) is 0 Å². The molecule has 2 aromatic rings. The van der Waals surface area contributed by atoms with Gasteiger partial charge in [0.15, 0.2) is 9.84 Å². The van der Waals surface area contributed by atoms with E-state index in [0.29, 0.717) is 13.1 Å². The van der Waals surface area contributed by atoms with Gasteiger partial charge in [-0.25, -0.2) is 13.4 Å². The van der Waals surface area contributed by atoms with Crippen molar-refractivity contribution >= 4 is 27.1 Å². The molecule has 7 nitrogen and oxygen atoms in total. The summed E-state index contributed by atoms with van der Waals surface area (Å²) < 4.78 is 24.7. The smallest absolute Gasteiger partial charge is 0.238 e. The van der Waals surface area contributed by atoms with E-state index in [1.54, 1.807) is 10.9 Å². The van der Waals surface area contributed by atoms with Gasteiger partial charge in [-0.05, 0) is 13.8 Å². The Morgan fingerprint density at radius 3 is 2.52 bits per heavy atom. The highest BCUT2D eigenvalue weighted by Crippen LogP contribution is 2.18. The van der Waals surface area contributed by atoms with Gasteiger partial charge in [0.2, 0.25) is 5.91 Å². The predicted octanol–water partition coefficient (Wildman–Crippen LogP) is 1.07. The molecule has 0 atom stereocenters. The molecule has 0 unspecified atom stereocenters. The minimum absolute atomic E-state index is 0.291. The third-order valence-electron chi connectivity index (χ3n) is 3.56. The first-order chi connectivity index (χ1) is 10.7. The minimum atomic E-state index is -3.38. The lowest BCUT2D eigenvalue weighted by Gasteiger charge is -2.21. The third-order valence-corrected chi connectivity index (χ3v) is 5.09. The van der Waals surface area contributed by atoms with Crippen molar-refractivity contribution in [1.29, 1.82) is 0 Å². The molecule has 0 radical (unpaired) electrons. The molecule has 0 saturated carbocycles. The predicted molar refractivity (Wildman–Crippen MR) is 88.8 cm³/mol. The highest BCUT2D eigenvalue weighted by Gasteiger charge is 2.22. The first-order valence-electron chi connectivity index (χ1n) is 7.00. The number of sulfone groups is 1. The largest absolute Gasteiger partial charge is 0.331 e. The maximum Gasteiger partial charge on any atom is 0.238 e. The molecule has 0 aliphatic rings. The van der Waals surface area contributed by atoms with Crippen LogP contribution in [0.25, 0.3) is 0 Å². The van der Waals surface area contributed by atoms with Crippen LogP contribution in [-0.2, 0) is 34.8 Å². The highest BCUT2D eigenvalue weighted by molar-refractivity contribution is 7.91. The van der Waals surface area contributed by atoms with Gasteiger partial charge < -0.3 is 4.90 Å². The summed E-state index contributed by atoms with van der Waals surface area (Å²) in [5, 5.41) is 6.94. The van der Waals surface area contributed by atoms with Crippen LogP contribution in [0.15, 0.2) is 11.6 Å². The van der Waals surface area contributed by atoms with Crippen LogP contribution in [-0.4, -0.2) is 46.0 Å². The second-order valence-corrected chi connectivity index (χ2v) is 8.64. The van der Waals surface area contributed by atoms with Crippen LogP contribution in [0.5, 0.6) is 0 Å². The minimum Gasteiger partial charge on any atom is -0.331 e. The van der Waals surface area contributed by atoms with Crippen LogP contribution >= 0.6 is 11.3 Å². The second-order valence-electron chi connectivity index (χ2n) is 5.52. The fourth-order valence-electron chi connectivity index (χ4n) is 2.28. The van der Waals surface area contributed by atoms with Gasteiger partial charge in [0.25, 0.3) is 0 Å². The van der Waals surface area contributed by atoms with Crippen molar-refractivity contribution in [3.05, 3.63) is 33.5 Å². The number of hydrogen-bond donors (Lipinski definition) is 0. The lowest BCUT2D eigenvalue weighted by Crippen LogP contribution is -2.35. The molecule has 2 heterocycles. The van der Waals surface area contributed by atoms with E-state index in [9.17, 15) is 13.2 Å². The third kappa shape index (κ3) is 4.61. The Bertz CT molecular complexity index is 794. The molecule has 0 aliphatic carbocycles. The average Bonchev–Trinajstić information content (AvgIpc) is 3.00. The van der Waals surface area contributed by atoms with Gasteiger partial charge in [0.05, 0.1) is 12.2 Å². The van der Waals surface area contributed by atoms with Gasteiger partial charge in [-0.3, -0.25) is 9.48 Å². The number of carbonyl (C=O) groups excluding carboxylic acids is 1. The Balaban J connectivity index is 2.27.